The van der Waals surface area contributed by atoms with Crippen LogP contribution in [0.1, 0.15) is 23.2 Å². The molecule has 1 atom stereocenters. The zero-order valence-corrected chi connectivity index (χ0v) is 12.5. The van der Waals surface area contributed by atoms with E-state index in [0.29, 0.717) is 24.9 Å². The van der Waals surface area contributed by atoms with Crippen LogP contribution >= 0.6 is 0 Å². The Labute approximate surface area is 123 Å². The smallest absolute Gasteiger partial charge is 0.308 e. The summed E-state index contributed by atoms with van der Waals surface area (Å²) >= 11 is 0. The number of amides is 1. The molecule has 21 heavy (non-hydrogen) atoms. The van der Waals surface area contributed by atoms with Crippen molar-refractivity contribution in [3.8, 4) is 0 Å². The van der Waals surface area contributed by atoms with E-state index in [2.05, 4.69) is 0 Å². The minimum atomic E-state index is -3.29. The quantitative estimate of drug-likeness (QED) is 0.900. The molecular weight excluding hydrogens is 294 g/mol. The number of hydrogen-bond donors (Lipinski definition) is 1. The summed E-state index contributed by atoms with van der Waals surface area (Å²) in [4.78, 5) is 25.0. The van der Waals surface area contributed by atoms with Crippen molar-refractivity contribution in [2.75, 3.05) is 19.3 Å². The number of likely N-dealkylation sites (tertiary alicyclic amines) is 1. The molecule has 1 saturated heterocycles. The van der Waals surface area contributed by atoms with E-state index in [1.165, 1.54) is 29.2 Å². The van der Waals surface area contributed by atoms with Crippen LogP contribution in [-0.4, -0.2) is 49.6 Å². The van der Waals surface area contributed by atoms with Crippen LogP contribution in [0.5, 0.6) is 0 Å². The van der Waals surface area contributed by atoms with E-state index >= 15 is 0 Å². The number of aliphatic carboxylic acids is 1. The molecule has 2 rings (SSSR count). The number of nitrogens with zero attached hydrogens (tertiary/aromatic N) is 1. The molecule has 1 fully saturated rings. The third-order valence-corrected chi connectivity index (χ3v) is 4.72. The normalized spacial score (nSPS) is 19.3. The Morgan fingerprint density at radius 1 is 1.24 bits per heavy atom. The fourth-order valence-electron chi connectivity index (χ4n) is 2.39. The molecule has 0 spiro atoms. The molecule has 0 radical (unpaired) electrons. The number of carbonyl (C=O) groups excluding carboxylic acids is 1. The Bertz CT molecular complexity index is 650. The Balaban J connectivity index is 2.14. The minimum absolute atomic E-state index is 0.154. The summed E-state index contributed by atoms with van der Waals surface area (Å²) in [5, 5.41) is 9.03. The van der Waals surface area contributed by atoms with E-state index in [1.807, 2.05) is 0 Å². The van der Waals surface area contributed by atoms with Crippen LogP contribution in [0.3, 0.4) is 0 Å². The molecule has 1 aromatic rings. The standard InChI is InChI=1S/C14H17NO5S/c1-21(19,20)12-6-4-10(5-7-12)13(16)15-8-2-3-11(9-15)14(17)18/h4-7,11H,2-3,8-9H2,1H3,(H,17,18)/t11-/m1/s1. The lowest BCUT2D eigenvalue weighted by molar-refractivity contribution is -0.143. The Morgan fingerprint density at radius 2 is 1.86 bits per heavy atom. The van der Waals surface area contributed by atoms with Crippen molar-refractivity contribution < 1.29 is 23.1 Å². The number of carboxylic acids is 1. The fraction of sp³-hybridized carbons (Fsp3) is 0.429. The highest BCUT2D eigenvalue weighted by Crippen LogP contribution is 2.19. The van der Waals surface area contributed by atoms with E-state index in [0.717, 1.165) is 6.26 Å². The monoisotopic (exact) mass is 311 g/mol. The lowest BCUT2D eigenvalue weighted by Gasteiger charge is -2.30. The lowest BCUT2D eigenvalue weighted by atomic mass is 9.97. The molecule has 1 aliphatic heterocycles. The van der Waals surface area contributed by atoms with Gasteiger partial charge >= 0.3 is 5.97 Å². The van der Waals surface area contributed by atoms with Gasteiger partial charge in [0.25, 0.3) is 5.91 Å². The van der Waals surface area contributed by atoms with Crippen LogP contribution in [0.25, 0.3) is 0 Å². The zero-order valence-electron chi connectivity index (χ0n) is 11.7. The predicted molar refractivity (Wildman–Crippen MR) is 75.8 cm³/mol. The summed E-state index contributed by atoms with van der Waals surface area (Å²) in [6.45, 7) is 0.721. The van der Waals surface area contributed by atoms with Gasteiger partial charge in [0, 0.05) is 24.9 Å². The van der Waals surface area contributed by atoms with Crippen molar-refractivity contribution in [1.29, 1.82) is 0 Å². The summed E-state index contributed by atoms with van der Waals surface area (Å²) in [5.74, 6) is -1.68. The number of piperidine rings is 1. The highest BCUT2D eigenvalue weighted by molar-refractivity contribution is 7.90. The van der Waals surface area contributed by atoms with Crippen LogP contribution in [0.2, 0.25) is 0 Å². The van der Waals surface area contributed by atoms with Gasteiger partial charge in [0.1, 0.15) is 0 Å². The second kappa shape index (κ2) is 5.85. The molecular formula is C14H17NO5S. The number of benzene rings is 1. The summed E-state index contributed by atoms with van der Waals surface area (Å²) < 4.78 is 22.7. The van der Waals surface area contributed by atoms with E-state index in [-0.39, 0.29) is 17.3 Å². The van der Waals surface area contributed by atoms with Crippen molar-refractivity contribution in [3.63, 3.8) is 0 Å². The molecule has 6 nitrogen and oxygen atoms in total. The second-order valence-corrected chi connectivity index (χ2v) is 7.24. The zero-order chi connectivity index (χ0) is 15.6. The summed E-state index contributed by atoms with van der Waals surface area (Å²) in [5.41, 5.74) is 0.369. The molecule has 7 heteroatoms. The highest BCUT2D eigenvalue weighted by Gasteiger charge is 2.28. The molecule has 0 bridgehead atoms. The first-order valence-electron chi connectivity index (χ1n) is 6.61. The number of carboxylic acid groups (broad SMARTS) is 1. The first-order valence-corrected chi connectivity index (χ1v) is 8.50. The van der Waals surface area contributed by atoms with E-state index in [4.69, 9.17) is 5.11 Å². The van der Waals surface area contributed by atoms with Crippen LogP contribution in [-0.2, 0) is 14.6 Å². The van der Waals surface area contributed by atoms with Crippen molar-refractivity contribution in [2.24, 2.45) is 5.92 Å². The van der Waals surface area contributed by atoms with Gasteiger partial charge in [-0.25, -0.2) is 8.42 Å². The van der Waals surface area contributed by atoms with E-state index in [1.54, 1.807) is 0 Å². The molecule has 0 unspecified atom stereocenters. The van der Waals surface area contributed by atoms with E-state index in [9.17, 15) is 18.0 Å². The molecule has 0 aromatic heterocycles. The lowest BCUT2D eigenvalue weighted by Crippen LogP contribution is -2.42. The molecule has 0 aliphatic carbocycles. The average Bonchev–Trinajstić information content (AvgIpc) is 2.46. The average molecular weight is 311 g/mol. The third kappa shape index (κ3) is 3.60. The van der Waals surface area contributed by atoms with Gasteiger partial charge in [-0.2, -0.15) is 0 Å². The largest absolute Gasteiger partial charge is 0.481 e. The van der Waals surface area contributed by atoms with Gasteiger partial charge in [-0.1, -0.05) is 0 Å². The molecule has 1 amide bonds. The van der Waals surface area contributed by atoms with Gasteiger partial charge in [-0.3, -0.25) is 9.59 Å². The molecule has 114 valence electrons. The van der Waals surface area contributed by atoms with Crippen LogP contribution in [0.4, 0.5) is 0 Å². The molecule has 1 aliphatic rings. The third-order valence-electron chi connectivity index (χ3n) is 3.59. The number of carbonyl (C=O) groups is 2. The maximum absolute atomic E-state index is 12.3. The SMILES string of the molecule is CS(=O)(=O)c1ccc(C(=O)N2CCC[C@@H](C(=O)O)C2)cc1. The fourth-order valence-corrected chi connectivity index (χ4v) is 3.02. The van der Waals surface area contributed by atoms with Crippen LogP contribution in [0, 0.1) is 5.92 Å². The minimum Gasteiger partial charge on any atom is -0.481 e. The molecule has 1 heterocycles. The Hall–Kier alpha value is -1.89. The summed E-state index contributed by atoms with van der Waals surface area (Å²) in [7, 11) is -3.29. The van der Waals surface area contributed by atoms with Crippen LogP contribution < -0.4 is 0 Å². The predicted octanol–water partition coefficient (Wildman–Crippen LogP) is 1.03. The molecule has 0 saturated carbocycles. The summed E-state index contributed by atoms with van der Waals surface area (Å²) in [6.07, 6.45) is 2.34. The first-order chi connectivity index (χ1) is 9.79. The summed E-state index contributed by atoms with van der Waals surface area (Å²) in [6, 6.07) is 5.70. The van der Waals surface area contributed by atoms with Crippen molar-refractivity contribution in [1.82, 2.24) is 4.90 Å². The number of rotatable bonds is 3. The van der Waals surface area contributed by atoms with Gasteiger partial charge in [0.05, 0.1) is 10.8 Å². The van der Waals surface area contributed by atoms with Crippen LogP contribution in [0.15, 0.2) is 29.2 Å². The topological polar surface area (TPSA) is 91.8 Å². The highest BCUT2D eigenvalue weighted by atomic mass is 32.2. The van der Waals surface area contributed by atoms with Gasteiger partial charge in [0.15, 0.2) is 9.84 Å². The molecule has 1 aromatic carbocycles. The van der Waals surface area contributed by atoms with Crippen molar-refractivity contribution >= 4 is 21.7 Å². The van der Waals surface area contributed by atoms with Gasteiger partial charge in [-0.05, 0) is 37.1 Å². The Kier molecular flexibility index (Phi) is 4.32. The first kappa shape index (κ1) is 15.5. The number of hydrogen-bond acceptors (Lipinski definition) is 4. The van der Waals surface area contributed by atoms with Crippen molar-refractivity contribution in [3.05, 3.63) is 29.8 Å². The van der Waals surface area contributed by atoms with Gasteiger partial charge in [0.2, 0.25) is 0 Å². The maximum Gasteiger partial charge on any atom is 0.308 e. The van der Waals surface area contributed by atoms with E-state index < -0.39 is 21.7 Å². The molecule has 1 N–H and O–H groups in total. The second-order valence-electron chi connectivity index (χ2n) is 5.23. The van der Waals surface area contributed by atoms with Gasteiger partial charge in [-0.15, -0.1) is 0 Å². The van der Waals surface area contributed by atoms with Crippen molar-refractivity contribution in [2.45, 2.75) is 17.7 Å². The Morgan fingerprint density at radius 3 is 2.38 bits per heavy atom. The number of sulfone groups is 1. The van der Waals surface area contributed by atoms with Gasteiger partial charge < -0.3 is 10.0 Å². The maximum atomic E-state index is 12.3.